The lowest BCUT2D eigenvalue weighted by Crippen LogP contribution is -2.37. The Morgan fingerprint density at radius 1 is 0.647 bits per heavy atom. The fourth-order valence-electron chi connectivity index (χ4n) is 2.54. The minimum absolute atomic E-state index is 1.19. The summed E-state index contributed by atoms with van der Waals surface area (Å²) in [4.78, 5) is 0. The van der Waals surface area contributed by atoms with Crippen LogP contribution in [0.3, 0.4) is 0 Å². The smallest absolute Gasteiger partial charge is 0.0770 e. The van der Waals surface area contributed by atoms with Gasteiger partial charge in [-0.2, -0.15) is 0 Å². The Morgan fingerprint density at radius 3 is 1.41 bits per heavy atom. The van der Waals surface area contributed by atoms with Crippen LogP contribution in [0.15, 0.2) is 21.7 Å². The van der Waals surface area contributed by atoms with Crippen LogP contribution in [0.1, 0.15) is 0 Å². The summed E-state index contributed by atoms with van der Waals surface area (Å²) in [6.45, 7) is 22.4. The third kappa shape index (κ3) is 3.32. The number of hydrogen-bond donors (Lipinski definition) is 0. The van der Waals surface area contributed by atoms with Gasteiger partial charge in [-0.1, -0.05) is 80.6 Å². The van der Waals surface area contributed by atoms with Crippen LogP contribution in [0, 0.1) is 6.42 Å². The molecule has 17 heavy (non-hydrogen) atoms. The highest BCUT2D eigenvalue weighted by Gasteiger charge is 2.38. The summed E-state index contributed by atoms with van der Waals surface area (Å²) >= 11 is 0. The molecule has 0 aromatic carbocycles. The lowest BCUT2D eigenvalue weighted by molar-refractivity contribution is 1.53. The molecule has 0 nitrogen and oxygen atoms in total. The van der Waals surface area contributed by atoms with Gasteiger partial charge in [0.25, 0.3) is 0 Å². The highest BCUT2D eigenvalue weighted by atomic mass is 28.3. The summed E-state index contributed by atoms with van der Waals surface area (Å²) in [6.07, 6.45) is 4.93. The van der Waals surface area contributed by atoms with E-state index in [1.54, 1.807) is 10.4 Å². The fourth-order valence-corrected chi connectivity index (χ4v) is 11.9. The summed E-state index contributed by atoms with van der Waals surface area (Å²) in [7, 11) is -3.60. The summed E-state index contributed by atoms with van der Waals surface area (Å²) < 4.78 is 0. The van der Waals surface area contributed by atoms with Crippen LogP contribution in [0.2, 0.25) is 58.9 Å². The van der Waals surface area contributed by atoms with Crippen LogP contribution in [0.25, 0.3) is 0 Å². The zero-order valence-corrected chi connectivity index (χ0v) is 16.2. The van der Waals surface area contributed by atoms with E-state index in [0.29, 0.717) is 0 Å². The van der Waals surface area contributed by atoms with E-state index < -0.39 is 24.2 Å². The van der Waals surface area contributed by atoms with Gasteiger partial charge in [-0.3, -0.25) is 0 Å². The van der Waals surface area contributed by atoms with Gasteiger partial charge in [0.15, 0.2) is 0 Å². The monoisotopic (exact) mass is 281 g/mol. The third-order valence-electron chi connectivity index (χ3n) is 3.32. The Labute approximate surface area is 111 Å². The van der Waals surface area contributed by atoms with Gasteiger partial charge in [-0.05, 0) is 0 Å². The first-order valence-corrected chi connectivity index (χ1v) is 17.2. The van der Waals surface area contributed by atoms with Crippen molar-refractivity contribution in [3.05, 3.63) is 28.1 Å². The van der Waals surface area contributed by atoms with Crippen molar-refractivity contribution < 1.29 is 0 Å². The Bertz CT molecular complexity index is 368. The minimum Gasteiger partial charge on any atom is -0.0777 e. The molecule has 1 aliphatic carbocycles. The molecule has 0 amide bonds. The van der Waals surface area contributed by atoms with E-state index in [4.69, 9.17) is 0 Å². The lowest BCUT2D eigenvalue weighted by atomic mass is 10.5. The molecule has 0 spiro atoms. The molecule has 0 unspecified atom stereocenters. The summed E-state index contributed by atoms with van der Waals surface area (Å²) in [5, 5.41) is 5.30. The molecule has 0 saturated heterocycles. The second-order valence-corrected chi connectivity index (χ2v) is 23.4. The van der Waals surface area contributed by atoms with Crippen LogP contribution in [-0.4, -0.2) is 24.2 Å². The highest BCUT2D eigenvalue weighted by molar-refractivity contribution is 6.95. The van der Waals surface area contributed by atoms with Crippen molar-refractivity contribution in [1.29, 1.82) is 0 Å². The van der Waals surface area contributed by atoms with Gasteiger partial charge in [0, 0.05) is 6.42 Å². The first kappa shape index (κ1) is 15.2. The normalized spacial score (nSPS) is 18.8. The maximum absolute atomic E-state index is 2.51. The lowest BCUT2D eigenvalue weighted by Gasteiger charge is -2.33. The number of rotatable bonds is 3. The van der Waals surface area contributed by atoms with E-state index in [1.807, 2.05) is 5.20 Å². The molecule has 1 aliphatic rings. The van der Waals surface area contributed by atoms with Crippen molar-refractivity contribution >= 4 is 24.2 Å². The SMILES string of the molecule is C[Si](C)(C)C1=C[CH]C([Si](C)(C)C)=C1[Si](C)(C)C. The summed E-state index contributed by atoms with van der Waals surface area (Å²) in [6, 6.07) is 0. The standard InChI is InChI=1S/C14H29Si3/c1-15(2,3)12-10-11-13(16(4,5)6)14(12)17(7,8)9/h10-11H,1-9H3. The Morgan fingerprint density at radius 2 is 1.12 bits per heavy atom. The van der Waals surface area contributed by atoms with Crippen molar-refractivity contribution in [2.45, 2.75) is 58.9 Å². The molecule has 0 bridgehead atoms. The summed E-state index contributed by atoms with van der Waals surface area (Å²) in [5.74, 6) is 0. The average Bonchev–Trinajstić information content (AvgIpc) is 2.42. The second kappa shape index (κ2) is 4.35. The molecule has 0 atom stereocenters. The van der Waals surface area contributed by atoms with Gasteiger partial charge >= 0.3 is 0 Å². The largest absolute Gasteiger partial charge is 0.0777 e. The van der Waals surface area contributed by atoms with Crippen LogP contribution in [-0.2, 0) is 0 Å². The molecule has 3 heteroatoms. The van der Waals surface area contributed by atoms with Gasteiger partial charge in [0.2, 0.25) is 0 Å². The molecule has 0 fully saturated rings. The van der Waals surface area contributed by atoms with Gasteiger partial charge < -0.3 is 0 Å². The molecular formula is C14H29Si3. The topological polar surface area (TPSA) is 0 Å². The van der Waals surface area contributed by atoms with E-state index in [0.717, 1.165) is 0 Å². The summed E-state index contributed by atoms with van der Waals surface area (Å²) in [5.41, 5.74) is 0. The Balaban J connectivity index is 3.38. The van der Waals surface area contributed by atoms with Crippen molar-refractivity contribution in [2.24, 2.45) is 0 Å². The first-order valence-electron chi connectivity index (χ1n) is 6.66. The molecule has 1 radical (unpaired) electrons. The number of hydrogen-bond acceptors (Lipinski definition) is 0. The van der Waals surface area contributed by atoms with Crippen molar-refractivity contribution in [3.63, 3.8) is 0 Å². The Hall–Kier alpha value is 0.131. The van der Waals surface area contributed by atoms with E-state index in [9.17, 15) is 0 Å². The molecule has 97 valence electrons. The fraction of sp³-hybridized carbons (Fsp3) is 0.643. The third-order valence-corrected chi connectivity index (χ3v) is 9.93. The maximum Gasteiger partial charge on any atom is 0.0770 e. The predicted molar refractivity (Wildman–Crippen MR) is 89.4 cm³/mol. The van der Waals surface area contributed by atoms with E-state index in [-0.39, 0.29) is 0 Å². The van der Waals surface area contributed by atoms with Gasteiger partial charge in [-0.25, -0.2) is 0 Å². The zero-order valence-electron chi connectivity index (χ0n) is 13.2. The number of allylic oxidation sites excluding steroid dienone is 4. The molecule has 1 rings (SSSR count). The zero-order chi connectivity index (χ0) is 13.6. The van der Waals surface area contributed by atoms with Gasteiger partial charge in [0.05, 0.1) is 24.2 Å². The molecule has 0 aromatic rings. The van der Waals surface area contributed by atoms with Gasteiger partial charge in [-0.15, -0.1) is 0 Å². The van der Waals surface area contributed by atoms with E-state index in [1.165, 1.54) is 0 Å². The predicted octanol–water partition coefficient (Wildman–Crippen LogP) is 5.06. The molecule has 0 heterocycles. The van der Waals surface area contributed by atoms with Crippen molar-refractivity contribution in [3.8, 4) is 0 Å². The van der Waals surface area contributed by atoms with Crippen LogP contribution in [0.5, 0.6) is 0 Å². The van der Waals surface area contributed by atoms with Crippen LogP contribution in [0.4, 0.5) is 0 Å². The van der Waals surface area contributed by atoms with Crippen molar-refractivity contribution in [2.75, 3.05) is 0 Å². The maximum atomic E-state index is 2.51. The molecular weight excluding hydrogens is 252 g/mol. The molecule has 0 saturated carbocycles. The van der Waals surface area contributed by atoms with Crippen LogP contribution < -0.4 is 0 Å². The van der Waals surface area contributed by atoms with E-state index in [2.05, 4.69) is 71.4 Å². The molecule has 0 aromatic heterocycles. The minimum atomic E-state index is -1.22. The highest BCUT2D eigenvalue weighted by Crippen LogP contribution is 2.41. The quantitative estimate of drug-likeness (QED) is 0.634. The van der Waals surface area contributed by atoms with Crippen molar-refractivity contribution in [1.82, 2.24) is 0 Å². The second-order valence-electron chi connectivity index (χ2n) is 8.29. The average molecular weight is 282 g/mol. The Kier molecular flexibility index (Phi) is 3.89. The van der Waals surface area contributed by atoms with E-state index >= 15 is 0 Å². The first-order chi connectivity index (χ1) is 7.35. The van der Waals surface area contributed by atoms with Crippen LogP contribution >= 0.6 is 0 Å². The van der Waals surface area contributed by atoms with Gasteiger partial charge in [0.1, 0.15) is 0 Å². The molecule has 0 N–H and O–H groups in total. The molecule has 0 aliphatic heterocycles.